The molecule has 1 amide bonds. The number of rotatable bonds is 3. The van der Waals surface area contributed by atoms with Crippen LogP contribution in [0.25, 0.3) is 0 Å². The number of benzene rings is 1. The lowest BCUT2D eigenvalue weighted by atomic mass is 9.99. The molecule has 0 bridgehead atoms. The molecule has 0 atom stereocenters. The molecule has 2 N–H and O–H groups in total. The van der Waals surface area contributed by atoms with Crippen LogP contribution >= 0.6 is 0 Å². The number of carbonyl (C=O) groups excluding carboxylic acids is 1. The van der Waals surface area contributed by atoms with Crippen LogP contribution in [0.1, 0.15) is 53.9 Å². The van der Waals surface area contributed by atoms with E-state index in [1.807, 2.05) is 12.1 Å². The first-order valence-electron chi connectivity index (χ1n) is 6.95. The average molecular weight is 244 g/mol. The zero-order valence-corrected chi connectivity index (χ0v) is 10.7. The molecule has 2 fully saturated rings. The molecule has 1 heterocycles. The second-order valence-corrected chi connectivity index (χ2v) is 5.43. The second kappa shape index (κ2) is 4.63. The number of anilines is 1. The van der Waals surface area contributed by atoms with Crippen LogP contribution in [0.2, 0.25) is 0 Å². The number of hydrogen-bond acceptors (Lipinski definition) is 2. The van der Waals surface area contributed by atoms with Crippen molar-refractivity contribution in [2.24, 2.45) is 5.73 Å². The van der Waals surface area contributed by atoms with Crippen molar-refractivity contribution in [1.29, 1.82) is 0 Å². The second-order valence-electron chi connectivity index (χ2n) is 5.43. The first-order valence-corrected chi connectivity index (χ1v) is 6.95. The predicted octanol–water partition coefficient (Wildman–Crippen LogP) is 2.65. The van der Waals surface area contributed by atoms with Gasteiger partial charge in [-0.2, -0.15) is 0 Å². The molecule has 1 aromatic carbocycles. The Hall–Kier alpha value is -1.51. The number of nitrogens with zero attached hydrogens (tertiary/aromatic N) is 1. The fourth-order valence-electron chi connectivity index (χ4n) is 2.95. The van der Waals surface area contributed by atoms with Crippen molar-refractivity contribution in [2.45, 2.75) is 38.0 Å². The number of piperidine rings is 1. The molecule has 1 aromatic rings. The Labute approximate surface area is 108 Å². The fraction of sp³-hybridized carbons (Fsp3) is 0.533. The van der Waals surface area contributed by atoms with E-state index >= 15 is 0 Å². The van der Waals surface area contributed by atoms with Gasteiger partial charge in [0.15, 0.2) is 0 Å². The Bertz CT molecular complexity index is 460. The maximum Gasteiger partial charge on any atom is 0.250 e. The summed E-state index contributed by atoms with van der Waals surface area (Å²) in [5.41, 5.74) is 8.73. The first-order chi connectivity index (χ1) is 8.77. The van der Waals surface area contributed by atoms with Crippen molar-refractivity contribution in [3.8, 4) is 0 Å². The SMILES string of the molecule is NC(=O)c1cccc(C2CC2)c1N1CCCCC1. The lowest BCUT2D eigenvalue weighted by Gasteiger charge is -2.32. The van der Waals surface area contributed by atoms with Gasteiger partial charge in [0, 0.05) is 13.1 Å². The molecule has 3 rings (SSSR count). The smallest absolute Gasteiger partial charge is 0.250 e. The molecule has 1 saturated carbocycles. The maximum atomic E-state index is 11.7. The van der Waals surface area contributed by atoms with Crippen molar-refractivity contribution >= 4 is 11.6 Å². The van der Waals surface area contributed by atoms with Gasteiger partial charge < -0.3 is 10.6 Å². The van der Waals surface area contributed by atoms with E-state index in [4.69, 9.17) is 5.73 Å². The topological polar surface area (TPSA) is 46.3 Å². The summed E-state index contributed by atoms with van der Waals surface area (Å²) >= 11 is 0. The molecule has 2 aliphatic rings. The van der Waals surface area contributed by atoms with Gasteiger partial charge >= 0.3 is 0 Å². The highest BCUT2D eigenvalue weighted by Gasteiger charge is 2.30. The largest absolute Gasteiger partial charge is 0.371 e. The van der Waals surface area contributed by atoms with Gasteiger partial charge in [-0.1, -0.05) is 12.1 Å². The highest BCUT2D eigenvalue weighted by Crippen LogP contribution is 2.45. The number of para-hydroxylation sites is 1. The maximum absolute atomic E-state index is 11.7. The minimum Gasteiger partial charge on any atom is -0.371 e. The molecular weight excluding hydrogens is 224 g/mol. The third-order valence-electron chi connectivity index (χ3n) is 4.02. The van der Waals surface area contributed by atoms with Gasteiger partial charge in [0.1, 0.15) is 0 Å². The summed E-state index contributed by atoms with van der Waals surface area (Å²) in [6.45, 7) is 2.12. The molecule has 0 unspecified atom stereocenters. The van der Waals surface area contributed by atoms with E-state index < -0.39 is 0 Å². The van der Waals surface area contributed by atoms with Crippen molar-refractivity contribution in [3.63, 3.8) is 0 Å². The summed E-state index contributed by atoms with van der Waals surface area (Å²) in [5.74, 6) is 0.360. The van der Waals surface area contributed by atoms with Crippen molar-refractivity contribution < 1.29 is 4.79 Å². The van der Waals surface area contributed by atoms with E-state index in [1.165, 1.54) is 37.7 Å². The third-order valence-corrected chi connectivity index (χ3v) is 4.02. The third kappa shape index (κ3) is 2.09. The molecular formula is C15H20N2O. The Morgan fingerprint density at radius 2 is 1.89 bits per heavy atom. The molecule has 18 heavy (non-hydrogen) atoms. The van der Waals surface area contributed by atoms with Gasteiger partial charge in [-0.25, -0.2) is 0 Å². The zero-order valence-electron chi connectivity index (χ0n) is 10.7. The number of primary amides is 1. The summed E-state index contributed by atoms with van der Waals surface area (Å²) in [4.78, 5) is 14.0. The highest BCUT2D eigenvalue weighted by molar-refractivity contribution is 5.99. The molecule has 96 valence electrons. The molecule has 1 aliphatic heterocycles. The van der Waals surface area contributed by atoms with Crippen LogP contribution in [0.5, 0.6) is 0 Å². The minimum atomic E-state index is -0.293. The van der Waals surface area contributed by atoms with Gasteiger partial charge in [-0.3, -0.25) is 4.79 Å². The van der Waals surface area contributed by atoms with E-state index in [0.717, 1.165) is 18.8 Å². The predicted molar refractivity (Wildman–Crippen MR) is 73.0 cm³/mol. The number of amides is 1. The average Bonchev–Trinajstić information content (AvgIpc) is 3.23. The van der Waals surface area contributed by atoms with Crippen LogP contribution in [0, 0.1) is 0 Å². The van der Waals surface area contributed by atoms with Gasteiger partial charge in [0.25, 0.3) is 5.91 Å². The Kier molecular flexibility index (Phi) is 2.98. The Morgan fingerprint density at radius 3 is 2.50 bits per heavy atom. The summed E-state index contributed by atoms with van der Waals surface area (Å²) in [7, 11) is 0. The van der Waals surface area contributed by atoms with Gasteiger partial charge in [-0.15, -0.1) is 0 Å². The minimum absolute atomic E-state index is 0.293. The fourth-order valence-corrected chi connectivity index (χ4v) is 2.95. The van der Waals surface area contributed by atoms with Crippen LogP contribution in [0.15, 0.2) is 18.2 Å². The lowest BCUT2D eigenvalue weighted by molar-refractivity contribution is 0.100. The number of carbonyl (C=O) groups is 1. The van der Waals surface area contributed by atoms with E-state index in [0.29, 0.717) is 11.5 Å². The monoisotopic (exact) mass is 244 g/mol. The molecule has 0 aromatic heterocycles. The van der Waals surface area contributed by atoms with Crippen LogP contribution in [-0.4, -0.2) is 19.0 Å². The standard InChI is InChI=1S/C15H20N2O/c16-15(18)13-6-4-5-12(11-7-8-11)14(13)17-9-2-1-3-10-17/h4-6,11H,1-3,7-10H2,(H2,16,18). The molecule has 0 radical (unpaired) electrons. The zero-order chi connectivity index (χ0) is 12.5. The quantitative estimate of drug-likeness (QED) is 0.888. The summed E-state index contributed by atoms with van der Waals surface area (Å²) in [6, 6.07) is 6.02. The van der Waals surface area contributed by atoms with Gasteiger partial charge in [-0.05, 0) is 49.7 Å². The van der Waals surface area contributed by atoms with Crippen molar-refractivity contribution in [2.75, 3.05) is 18.0 Å². The lowest BCUT2D eigenvalue weighted by Crippen LogP contribution is -2.32. The highest BCUT2D eigenvalue weighted by atomic mass is 16.1. The van der Waals surface area contributed by atoms with E-state index in [2.05, 4.69) is 11.0 Å². The molecule has 3 heteroatoms. The summed E-state index contributed by atoms with van der Waals surface area (Å²) in [6.07, 6.45) is 6.24. The van der Waals surface area contributed by atoms with E-state index in [9.17, 15) is 4.79 Å². The van der Waals surface area contributed by atoms with E-state index in [1.54, 1.807) is 0 Å². The first kappa shape index (κ1) is 11.6. The Balaban J connectivity index is 2.04. The van der Waals surface area contributed by atoms with Crippen LogP contribution in [0.3, 0.4) is 0 Å². The molecule has 3 nitrogen and oxygen atoms in total. The summed E-state index contributed by atoms with van der Waals surface area (Å²) < 4.78 is 0. The molecule has 1 saturated heterocycles. The van der Waals surface area contributed by atoms with Crippen LogP contribution in [-0.2, 0) is 0 Å². The van der Waals surface area contributed by atoms with Crippen molar-refractivity contribution in [1.82, 2.24) is 0 Å². The van der Waals surface area contributed by atoms with Crippen molar-refractivity contribution in [3.05, 3.63) is 29.3 Å². The number of hydrogen-bond donors (Lipinski definition) is 1. The summed E-state index contributed by atoms with van der Waals surface area (Å²) in [5, 5.41) is 0. The van der Waals surface area contributed by atoms with Gasteiger partial charge in [0.05, 0.1) is 11.3 Å². The Morgan fingerprint density at radius 1 is 1.17 bits per heavy atom. The van der Waals surface area contributed by atoms with Crippen LogP contribution < -0.4 is 10.6 Å². The molecule has 1 aliphatic carbocycles. The molecule has 0 spiro atoms. The normalized spacial score (nSPS) is 19.9. The van der Waals surface area contributed by atoms with Crippen LogP contribution in [0.4, 0.5) is 5.69 Å². The van der Waals surface area contributed by atoms with E-state index in [-0.39, 0.29) is 5.91 Å². The number of nitrogens with two attached hydrogens (primary N) is 1. The van der Waals surface area contributed by atoms with Gasteiger partial charge in [0.2, 0.25) is 0 Å².